The Morgan fingerprint density at radius 2 is 2.00 bits per heavy atom. The molecule has 0 saturated heterocycles. The first-order valence-corrected chi connectivity index (χ1v) is 5.08. The number of nitrogens with zero attached hydrogens (tertiary/aromatic N) is 3. The second-order valence-corrected chi connectivity index (χ2v) is 3.57. The van der Waals surface area contributed by atoms with Crippen LogP contribution >= 0.6 is 11.3 Å². The van der Waals surface area contributed by atoms with Gasteiger partial charge in [-0.25, -0.2) is 0 Å². The van der Waals surface area contributed by atoms with Gasteiger partial charge in [0.05, 0.1) is 16.6 Å². The molecule has 0 N–H and O–H groups in total. The molecule has 2 rings (SSSR count). The fourth-order valence-electron chi connectivity index (χ4n) is 0.996. The van der Waals surface area contributed by atoms with Crippen molar-refractivity contribution in [2.75, 3.05) is 0 Å². The van der Waals surface area contributed by atoms with Gasteiger partial charge in [0, 0.05) is 0 Å². The summed E-state index contributed by atoms with van der Waals surface area (Å²) in [5.74, 6) is 0. The molecule has 0 unspecified atom stereocenters. The lowest BCUT2D eigenvalue weighted by Gasteiger charge is -1.87. The van der Waals surface area contributed by atoms with Crippen molar-refractivity contribution in [3.8, 4) is 6.07 Å². The van der Waals surface area contributed by atoms with Crippen LogP contribution in [0.25, 0.3) is 0 Å². The molecule has 1 radical (unpaired) electrons. The van der Waals surface area contributed by atoms with Gasteiger partial charge < -0.3 is 0 Å². The normalized spacial score (nSPS) is 10.3. The third-order valence-electron chi connectivity index (χ3n) is 1.67. The number of benzene rings is 1. The van der Waals surface area contributed by atoms with Crippen LogP contribution in [0.2, 0.25) is 0 Å². The summed E-state index contributed by atoms with van der Waals surface area (Å²) in [5, 5.41) is 20.1. The van der Waals surface area contributed by atoms with E-state index >= 15 is 0 Å². The molecular formula is C11H6N3S. The summed E-state index contributed by atoms with van der Waals surface area (Å²) in [4.78, 5) is 0. The van der Waals surface area contributed by atoms with E-state index in [1.807, 2.05) is 36.4 Å². The highest BCUT2D eigenvalue weighted by Crippen LogP contribution is 2.24. The second kappa shape index (κ2) is 4.49. The number of azo groups is 1. The van der Waals surface area contributed by atoms with Gasteiger partial charge in [-0.05, 0) is 18.2 Å². The second-order valence-electron chi connectivity index (χ2n) is 2.75. The van der Waals surface area contributed by atoms with E-state index in [1.54, 1.807) is 6.07 Å². The molecule has 0 atom stereocenters. The van der Waals surface area contributed by atoms with Gasteiger partial charge >= 0.3 is 0 Å². The Bertz CT molecular complexity index is 508. The molecule has 0 saturated carbocycles. The summed E-state index contributed by atoms with van der Waals surface area (Å²) in [6.07, 6.45) is 0. The zero-order valence-corrected chi connectivity index (χ0v) is 8.53. The van der Waals surface area contributed by atoms with Gasteiger partial charge in [-0.3, -0.25) is 0 Å². The standard InChI is InChI=1S/C11H6N3S/c12-7-9-6-11(15-8-9)14-13-10-4-2-1-3-5-10/h1-6H. The maximum Gasteiger partial charge on any atom is 0.140 e. The van der Waals surface area contributed by atoms with Crippen LogP contribution in [0.1, 0.15) is 5.56 Å². The average Bonchev–Trinajstić information content (AvgIpc) is 2.76. The molecule has 0 bridgehead atoms. The molecular weight excluding hydrogens is 206 g/mol. The first kappa shape index (κ1) is 9.56. The van der Waals surface area contributed by atoms with E-state index < -0.39 is 0 Å². The molecule has 2 aromatic rings. The van der Waals surface area contributed by atoms with Crippen LogP contribution in [0.4, 0.5) is 10.7 Å². The molecule has 71 valence electrons. The SMILES string of the molecule is N#Cc1[c]sc(N=Nc2ccccc2)c1. The van der Waals surface area contributed by atoms with E-state index in [-0.39, 0.29) is 0 Å². The Morgan fingerprint density at radius 3 is 2.67 bits per heavy atom. The monoisotopic (exact) mass is 212 g/mol. The van der Waals surface area contributed by atoms with Crippen LogP contribution in [-0.4, -0.2) is 0 Å². The zero-order valence-electron chi connectivity index (χ0n) is 7.71. The van der Waals surface area contributed by atoms with E-state index in [9.17, 15) is 0 Å². The van der Waals surface area contributed by atoms with Crippen molar-refractivity contribution >= 4 is 22.0 Å². The maximum absolute atomic E-state index is 8.59. The molecule has 0 spiro atoms. The lowest BCUT2D eigenvalue weighted by Crippen LogP contribution is -1.60. The number of rotatable bonds is 2. The molecule has 15 heavy (non-hydrogen) atoms. The Labute approximate surface area is 91.3 Å². The summed E-state index contributed by atoms with van der Waals surface area (Å²) < 4.78 is 0. The highest BCUT2D eigenvalue weighted by atomic mass is 32.1. The third-order valence-corrected chi connectivity index (χ3v) is 2.40. The number of hydrogen-bond acceptors (Lipinski definition) is 4. The van der Waals surface area contributed by atoms with Crippen molar-refractivity contribution in [3.63, 3.8) is 0 Å². The summed E-state index contributed by atoms with van der Waals surface area (Å²) in [6, 6.07) is 13.1. The van der Waals surface area contributed by atoms with Crippen molar-refractivity contribution in [3.05, 3.63) is 47.3 Å². The molecule has 0 aliphatic heterocycles. The summed E-state index contributed by atoms with van der Waals surface area (Å²) >= 11 is 1.29. The molecule has 1 aromatic heterocycles. The van der Waals surface area contributed by atoms with Crippen molar-refractivity contribution in [1.82, 2.24) is 0 Å². The summed E-state index contributed by atoms with van der Waals surface area (Å²) in [6.45, 7) is 0. The fraction of sp³-hybridized carbons (Fsp3) is 0. The quantitative estimate of drug-likeness (QED) is 0.698. The number of nitriles is 1. The van der Waals surface area contributed by atoms with Crippen LogP contribution in [0.3, 0.4) is 0 Å². The van der Waals surface area contributed by atoms with Crippen molar-refractivity contribution in [2.45, 2.75) is 0 Å². The van der Waals surface area contributed by atoms with Gasteiger partial charge in [0.1, 0.15) is 11.1 Å². The molecule has 0 aliphatic carbocycles. The molecule has 0 fully saturated rings. The van der Waals surface area contributed by atoms with E-state index in [2.05, 4.69) is 15.6 Å². The van der Waals surface area contributed by atoms with Gasteiger partial charge in [-0.15, -0.1) is 21.6 Å². The Hall–Kier alpha value is -1.99. The maximum atomic E-state index is 8.59. The van der Waals surface area contributed by atoms with E-state index in [1.165, 1.54) is 11.3 Å². The van der Waals surface area contributed by atoms with Gasteiger partial charge in [0.25, 0.3) is 0 Å². The van der Waals surface area contributed by atoms with E-state index in [4.69, 9.17) is 5.26 Å². The highest BCUT2D eigenvalue weighted by molar-refractivity contribution is 7.13. The Morgan fingerprint density at radius 1 is 1.20 bits per heavy atom. The topological polar surface area (TPSA) is 48.5 Å². The average molecular weight is 212 g/mol. The predicted molar refractivity (Wildman–Crippen MR) is 58.5 cm³/mol. The van der Waals surface area contributed by atoms with E-state index in [0.29, 0.717) is 10.6 Å². The third kappa shape index (κ3) is 2.48. The van der Waals surface area contributed by atoms with Gasteiger partial charge in [0.15, 0.2) is 0 Å². The molecule has 4 heteroatoms. The van der Waals surface area contributed by atoms with Crippen molar-refractivity contribution in [1.29, 1.82) is 5.26 Å². The van der Waals surface area contributed by atoms with Crippen LogP contribution in [0.15, 0.2) is 46.6 Å². The molecule has 1 heterocycles. The van der Waals surface area contributed by atoms with Crippen LogP contribution in [0, 0.1) is 16.7 Å². The van der Waals surface area contributed by atoms with Crippen LogP contribution < -0.4 is 0 Å². The lowest BCUT2D eigenvalue weighted by molar-refractivity contribution is 1.25. The number of thiophene rings is 1. The van der Waals surface area contributed by atoms with Crippen LogP contribution in [-0.2, 0) is 0 Å². The minimum atomic E-state index is 0.502. The largest absolute Gasteiger partial charge is 0.192 e. The Balaban J connectivity index is 2.16. The molecule has 1 aromatic carbocycles. The van der Waals surface area contributed by atoms with Crippen LogP contribution in [0.5, 0.6) is 0 Å². The highest BCUT2D eigenvalue weighted by Gasteiger charge is 1.97. The molecule has 0 amide bonds. The smallest absolute Gasteiger partial charge is 0.140 e. The fourth-order valence-corrected chi connectivity index (χ4v) is 1.57. The summed E-state index contributed by atoms with van der Waals surface area (Å²) in [5.41, 5.74) is 1.30. The first-order chi connectivity index (χ1) is 7.38. The van der Waals surface area contributed by atoms with Gasteiger partial charge in [0.2, 0.25) is 0 Å². The van der Waals surface area contributed by atoms with Crippen molar-refractivity contribution in [2.24, 2.45) is 10.2 Å². The number of hydrogen-bond donors (Lipinski definition) is 0. The van der Waals surface area contributed by atoms with Gasteiger partial charge in [-0.1, -0.05) is 18.2 Å². The lowest BCUT2D eigenvalue weighted by atomic mass is 10.3. The summed E-state index contributed by atoms with van der Waals surface area (Å²) in [7, 11) is 0. The Kier molecular flexibility index (Phi) is 2.86. The molecule has 0 aliphatic rings. The van der Waals surface area contributed by atoms with Gasteiger partial charge in [-0.2, -0.15) is 5.26 Å². The minimum absolute atomic E-state index is 0.502. The minimum Gasteiger partial charge on any atom is -0.192 e. The predicted octanol–water partition coefficient (Wildman–Crippen LogP) is 3.84. The van der Waals surface area contributed by atoms with E-state index in [0.717, 1.165) is 5.69 Å². The molecule has 3 nitrogen and oxygen atoms in total. The first-order valence-electron chi connectivity index (χ1n) is 4.27. The zero-order chi connectivity index (χ0) is 10.5. The van der Waals surface area contributed by atoms with Crippen molar-refractivity contribution < 1.29 is 0 Å².